The van der Waals surface area contributed by atoms with Crippen molar-refractivity contribution in [2.45, 2.75) is 24.8 Å². The average molecular weight is 358 g/mol. The number of ether oxygens (including phenoxy) is 2. The lowest BCUT2D eigenvalue weighted by molar-refractivity contribution is 0.0703. The highest BCUT2D eigenvalue weighted by molar-refractivity contribution is 9.10. The molecule has 102 valence electrons. The molecule has 0 saturated carbocycles. The van der Waals surface area contributed by atoms with Crippen LogP contribution in [0.4, 0.5) is 0 Å². The molecule has 4 nitrogen and oxygen atoms in total. The first kappa shape index (κ1) is 15.8. The zero-order valence-electron chi connectivity index (χ0n) is 10.2. The normalized spacial score (nSPS) is 13.4. The highest BCUT2D eigenvalue weighted by Crippen LogP contribution is 2.33. The molecule has 1 atom stereocenters. The monoisotopic (exact) mass is 356 g/mol. The van der Waals surface area contributed by atoms with Crippen LogP contribution < -0.4 is 4.74 Å². The lowest BCUT2D eigenvalue weighted by Gasteiger charge is -2.15. The number of benzene rings is 1. The van der Waals surface area contributed by atoms with E-state index in [0.29, 0.717) is 10.0 Å². The fourth-order valence-corrected chi connectivity index (χ4v) is 3.11. The van der Waals surface area contributed by atoms with Gasteiger partial charge < -0.3 is 9.47 Å². The molecule has 1 unspecified atom stereocenters. The summed E-state index contributed by atoms with van der Waals surface area (Å²) in [5, 5.41) is 0. The van der Waals surface area contributed by atoms with Gasteiger partial charge in [-0.2, -0.15) is 0 Å². The molecular weight excluding hydrogens is 344 g/mol. The summed E-state index contributed by atoms with van der Waals surface area (Å²) in [5.74, 6) is 0.261. The summed E-state index contributed by atoms with van der Waals surface area (Å²) in [4.78, 5) is -0.0423. The van der Waals surface area contributed by atoms with Crippen molar-refractivity contribution >= 4 is 35.7 Å². The van der Waals surface area contributed by atoms with Gasteiger partial charge in [0.1, 0.15) is 17.3 Å². The summed E-state index contributed by atoms with van der Waals surface area (Å²) < 4.78 is 34.2. The van der Waals surface area contributed by atoms with Gasteiger partial charge in [-0.15, -0.1) is 0 Å². The van der Waals surface area contributed by atoms with E-state index in [1.807, 2.05) is 6.92 Å². The van der Waals surface area contributed by atoms with Crippen LogP contribution in [0.2, 0.25) is 0 Å². The quantitative estimate of drug-likeness (QED) is 0.760. The van der Waals surface area contributed by atoms with E-state index in [9.17, 15) is 8.42 Å². The van der Waals surface area contributed by atoms with E-state index < -0.39 is 9.05 Å². The van der Waals surface area contributed by atoms with Crippen LogP contribution in [-0.4, -0.2) is 28.2 Å². The molecule has 0 radical (unpaired) electrons. The molecule has 0 aromatic heterocycles. The molecule has 0 N–H and O–H groups in total. The van der Waals surface area contributed by atoms with E-state index in [4.69, 9.17) is 20.2 Å². The van der Waals surface area contributed by atoms with E-state index in [0.717, 1.165) is 0 Å². The largest absolute Gasteiger partial charge is 0.489 e. The van der Waals surface area contributed by atoms with Gasteiger partial charge in [0, 0.05) is 22.3 Å². The maximum Gasteiger partial charge on any atom is 0.265 e. The van der Waals surface area contributed by atoms with Crippen molar-refractivity contribution < 1.29 is 17.9 Å². The Hall–Kier alpha value is -0.300. The molecule has 7 heteroatoms. The molecule has 18 heavy (non-hydrogen) atoms. The number of rotatable bonds is 5. The van der Waals surface area contributed by atoms with Gasteiger partial charge in [0.15, 0.2) is 0 Å². The van der Waals surface area contributed by atoms with E-state index in [2.05, 4.69) is 15.9 Å². The summed E-state index contributed by atoms with van der Waals surface area (Å²) in [6, 6.07) is 3.18. The second-order valence-electron chi connectivity index (χ2n) is 3.85. The highest BCUT2D eigenvalue weighted by Gasteiger charge is 2.20. The minimum Gasteiger partial charge on any atom is -0.489 e. The third-order valence-corrected chi connectivity index (χ3v) is 4.12. The molecule has 0 aliphatic heterocycles. The first-order chi connectivity index (χ1) is 8.25. The number of hydrogen-bond acceptors (Lipinski definition) is 4. The smallest absolute Gasteiger partial charge is 0.265 e. The average Bonchev–Trinajstić information content (AvgIpc) is 2.25. The minimum atomic E-state index is -3.86. The molecule has 1 rings (SSSR count). The van der Waals surface area contributed by atoms with Gasteiger partial charge >= 0.3 is 0 Å². The predicted octanol–water partition coefficient (Wildman–Crippen LogP) is 3.10. The van der Waals surface area contributed by atoms with Gasteiger partial charge in [-0.25, -0.2) is 8.42 Å². The van der Waals surface area contributed by atoms with Gasteiger partial charge in [0.25, 0.3) is 9.05 Å². The lowest BCUT2D eigenvalue weighted by atomic mass is 10.2. The summed E-state index contributed by atoms with van der Waals surface area (Å²) in [6.07, 6.45) is -0.140. The number of halogens is 2. The van der Waals surface area contributed by atoms with E-state index in [1.54, 1.807) is 20.1 Å². The molecule has 0 spiro atoms. The van der Waals surface area contributed by atoms with Gasteiger partial charge in [0.05, 0.1) is 6.10 Å². The summed E-state index contributed by atoms with van der Waals surface area (Å²) in [6.45, 7) is 3.82. The molecular formula is C11H14BrClO4S. The van der Waals surface area contributed by atoms with Crippen molar-refractivity contribution in [1.29, 1.82) is 0 Å². The van der Waals surface area contributed by atoms with Crippen molar-refractivity contribution in [3.8, 4) is 5.75 Å². The Morgan fingerprint density at radius 2 is 2.06 bits per heavy atom. The maximum absolute atomic E-state index is 11.5. The molecule has 0 fully saturated rings. The van der Waals surface area contributed by atoms with Crippen molar-refractivity contribution in [1.82, 2.24) is 0 Å². The second-order valence-corrected chi connectivity index (χ2v) is 7.30. The van der Waals surface area contributed by atoms with Crippen molar-refractivity contribution in [3.05, 3.63) is 22.2 Å². The Morgan fingerprint density at radius 3 is 2.56 bits per heavy atom. The Labute approximate surface area is 120 Å². The first-order valence-corrected chi connectivity index (χ1v) is 8.26. The van der Waals surface area contributed by atoms with Crippen LogP contribution in [0.1, 0.15) is 12.5 Å². The maximum atomic E-state index is 11.5. The molecule has 1 aromatic rings. The first-order valence-electron chi connectivity index (χ1n) is 5.16. The third kappa shape index (κ3) is 4.12. The van der Waals surface area contributed by atoms with Crippen molar-refractivity contribution in [3.63, 3.8) is 0 Å². The van der Waals surface area contributed by atoms with Crippen LogP contribution in [0.5, 0.6) is 5.75 Å². The molecule has 0 amide bonds. The standard InChI is InChI=1S/C11H14BrClO4S/c1-7-4-9(12)5-10(18(13,14)15)11(7)17-6-8(2)16-3/h4-5,8H,6H2,1-3H3. The predicted molar refractivity (Wildman–Crippen MR) is 73.9 cm³/mol. The molecule has 0 aliphatic carbocycles. The second kappa shape index (κ2) is 6.23. The van der Waals surface area contributed by atoms with Gasteiger partial charge in [0.2, 0.25) is 0 Å². The zero-order valence-corrected chi connectivity index (χ0v) is 13.4. The van der Waals surface area contributed by atoms with Crippen LogP contribution in [-0.2, 0) is 13.8 Å². The van der Waals surface area contributed by atoms with Crippen molar-refractivity contribution in [2.24, 2.45) is 0 Å². The molecule has 0 aliphatic rings. The van der Waals surface area contributed by atoms with Gasteiger partial charge in [-0.1, -0.05) is 15.9 Å². The topological polar surface area (TPSA) is 52.6 Å². The molecule has 0 bridgehead atoms. The Bertz CT molecular complexity index is 530. The fourth-order valence-electron chi connectivity index (χ4n) is 1.33. The van der Waals surface area contributed by atoms with Gasteiger partial charge in [-0.05, 0) is 31.5 Å². The lowest BCUT2D eigenvalue weighted by Crippen LogP contribution is -2.17. The van der Waals surface area contributed by atoms with Gasteiger partial charge in [-0.3, -0.25) is 0 Å². The number of methoxy groups -OCH3 is 1. The third-order valence-electron chi connectivity index (χ3n) is 2.33. The summed E-state index contributed by atoms with van der Waals surface area (Å²) in [5.41, 5.74) is 0.687. The van der Waals surface area contributed by atoms with Crippen LogP contribution in [0, 0.1) is 6.92 Å². The van der Waals surface area contributed by atoms with Crippen LogP contribution in [0.3, 0.4) is 0 Å². The SMILES string of the molecule is COC(C)COc1c(C)cc(Br)cc1S(=O)(=O)Cl. The zero-order chi connectivity index (χ0) is 13.9. The van der Waals surface area contributed by atoms with E-state index >= 15 is 0 Å². The molecule has 0 saturated heterocycles. The number of aryl methyl sites for hydroxylation is 1. The number of hydrogen-bond donors (Lipinski definition) is 0. The van der Waals surface area contributed by atoms with Crippen LogP contribution in [0.25, 0.3) is 0 Å². The van der Waals surface area contributed by atoms with Crippen LogP contribution in [0.15, 0.2) is 21.5 Å². The molecule has 0 heterocycles. The Balaban J connectivity index is 3.17. The summed E-state index contributed by atoms with van der Waals surface area (Å²) in [7, 11) is 3.10. The van der Waals surface area contributed by atoms with Crippen LogP contribution >= 0.6 is 26.6 Å². The fraction of sp³-hybridized carbons (Fsp3) is 0.455. The minimum absolute atomic E-state index is 0.0423. The Morgan fingerprint density at radius 1 is 1.44 bits per heavy atom. The van der Waals surface area contributed by atoms with E-state index in [-0.39, 0.29) is 23.4 Å². The Kier molecular flexibility index (Phi) is 5.46. The van der Waals surface area contributed by atoms with E-state index in [1.165, 1.54) is 6.07 Å². The highest BCUT2D eigenvalue weighted by atomic mass is 79.9. The molecule has 1 aromatic carbocycles. The summed E-state index contributed by atoms with van der Waals surface area (Å²) >= 11 is 3.23. The van der Waals surface area contributed by atoms with Crippen molar-refractivity contribution in [2.75, 3.05) is 13.7 Å².